The summed E-state index contributed by atoms with van der Waals surface area (Å²) in [6, 6.07) is 24.8. The van der Waals surface area contributed by atoms with E-state index in [0.29, 0.717) is 18.6 Å². The maximum absolute atomic E-state index is 14.0. The SMILES string of the molecule is Cc1ccccc1C1CC(=O)CC(c2ccccc2C)P1c1c(-c2c(C)c(C)c(C)c(C)c2C)cccc1-c1c(C)c(C)c(C)c(C)c1C. The average molecular weight is 665 g/mol. The van der Waals surface area contributed by atoms with E-state index in [4.69, 9.17) is 0 Å². The van der Waals surface area contributed by atoms with Crippen LogP contribution in [0.15, 0.2) is 66.7 Å². The van der Waals surface area contributed by atoms with Gasteiger partial charge in [-0.15, -0.1) is 0 Å². The molecule has 1 fully saturated rings. The highest BCUT2D eigenvalue weighted by atomic mass is 31.1. The van der Waals surface area contributed by atoms with Crippen LogP contribution in [-0.2, 0) is 4.79 Å². The van der Waals surface area contributed by atoms with Gasteiger partial charge >= 0.3 is 0 Å². The predicted molar refractivity (Wildman–Crippen MR) is 213 cm³/mol. The van der Waals surface area contributed by atoms with Gasteiger partial charge in [-0.3, -0.25) is 4.79 Å². The lowest BCUT2D eigenvalue weighted by Gasteiger charge is -2.42. The van der Waals surface area contributed by atoms with Crippen molar-refractivity contribution in [1.29, 1.82) is 0 Å². The van der Waals surface area contributed by atoms with Crippen LogP contribution in [0.1, 0.15) is 102 Å². The van der Waals surface area contributed by atoms with Crippen LogP contribution in [0.3, 0.4) is 0 Å². The van der Waals surface area contributed by atoms with E-state index in [1.807, 2.05) is 0 Å². The molecule has 252 valence electrons. The van der Waals surface area contributed by atoms with Gasteiger partial charge in [-0.25, -0.2) is 0 Å². The molecule has 0 radical (unpaired) electrons. The minimum atomic E-state index is -0.918. The van der Waals surface area contributed by atoms with E-state index >= 15 is 0 Å². The fourth-order valence-corrected chi connectivity index (χ4v) is 12.7. The zero-order valence-corrected chi connectivity index (χ0v) is 32.7. The number of benzene rings is 5. The van der Waals surface area contributed by atoms with Gasteiger partial charge in [-0.05, 0) is 189 Å². The van der Waals surface area contributed by atoms with Crippen molar-refractivity contribution in [2.45, 2.75) is 107 Å². The second-order valence-electron chi connectivity index (χ2n) is 14.8. The third kappa shape index (κ3) is 5.83. The first-order valence-electron chi connectivity index (χ1n) is 17.9. The third-order valence-corrected chi connectivity index (χ3v) is 15.7. The Morgan fingerprint density at radius 3 is 1.10 bits per heavy atom. The molecule has 0 N–H and O–H groups in total. The predicted octanol–water partition coefficient (Wildman–Crippen LogP) is 12.7. The van der Waals surface area contributed by atoms with Crippen LogP contribution < -0.4 is 5.30 Å². The van der Waals surface area contributed by atoms with E-state index in [1.54, 1.807) is 0 Å². The van der Waals surface area contributed by atoms with Crippen LogP contribution in [0.5, 0.6) is 0 Å². The first-order chi connectivity index (χ1) is 23.3. The molecule has 5 aromatic carbocycles. The molecule has 0 aromatic heterocycles. The molecule has 2 heteroatoms. The molecule has 6 rings (SSSR count). The van der Waals surface area contributed by atoms with E-state index in [2.05, 4.69) is 150 Å². The highest BCUT2D eigenvalue weighted by Gasteiger charge is 2.43. The van der Waals surface area contributed by atoms with Gasteiger partial charge < -0.3 is 0 Å². The number of rotatable bonds is 5. The molecule has 0 aliphatic carbocycles. The summed E-state index contributed by atoms with van der Waals surface area (Å²) in [7, 11) is -0.918. The maximum atomic E-state index is 14.0. The van der Waals surface area contributed by atoms with Gasteiger partial charge in [0.15, 0.2) is 0 Å². The highest BCUT2D eigenvalue weighted by Crippen LogP contribution is 2.69. The van der Waals surface area contributed by atoms with Gasteiger partial charge in [-0.2, -0.15) is 0 Å². The van der Waals surface area contributed by atoms with Gasteiger partial charge in [0.2, 0.25) is 0 Å². The monoisotopic (exact) mass is 664 g/mol. The molecular formula is C47H53OP. The molecule has 0 saturated carbocycles. The zero-order valence-electron chi connectivity index (χ0n) is 31.8. The van der Waals surface area contributed by atoms with Crippen molar-refractivity contribution in [1.82, 2.24) is 0 Å². The fourth-order valence-electron chi connectivity index (χ4n) is 8.71. The Morgan fingerprint density at radius 2 is 0.755 bits per heavy atom. The van der Waals surface area contributed by atoms with Crippen LogP contribution in [0.2, 0.25) is 0 Å². The van der Waals surface area contributed by atoms with E-state index < -0.39 is 7.92 Å². The average Bonchev–Trinajstić information content (AvgIpc) is 3.09. The summed E-state index contributed by atoms with van der Waals surface area (Å²) in [6.07, 6.45) is 1.17. The van der Waals surface area contributed by atoms with E-state index in [-0.39, 0.29) is 11.3 Å². The molecule has 1 saturated heterocycles. The molecule has 0 bridgehead atoms. The van der Waals surface area contributed by atoms with Gasteiger partial charge in [0.25, 0.3) is 0 Å². The maximum Gasteiger partial charge on any atom is 0.134 e. The summed E-state index contributed by atoms with van der Waals surface area (Å²) in [4.78, 5) is 14.0. The molecule has 2 unspecified atom stereocenters. The minimum absolute atomic E-state index is 0.114. The Balaban J connectivity index is 1.83. The number of carbonyl (C=O) groups excluding carboxylic acids is 1. The summed E-state index contributed by atoms with van der Waals surface area (Å²) in [5.74, 6) is 0.378. The van der Waals surface area contributed by atoms with Crippen molar-refractivity contribution in [3.05, 3.63) is 145 Å². The van der Waals surface area contributed by atoms with Crippen LogP contribution >= 0.6 is 7.92 Å². The molecule has 0 spiro atoms. The number of hydrogen-bond acceptors (Lipinski definition) is 1. The minimum Gasteiger partial charge on any atom is -0.300 e. The highest BCUT2D eigenvalue weighted by molar-refractivity contribution is 7.67. The van der Waals surface area contributed by atoms with Gasteiger partial charge in [0, 0.05) is 24.2 Å². The van der Waals surface area contributed by atoms with Crippen LogP contribution in [-0.4, -0.2) is 5.78 Å². The Bertz CT molecular complexity index is 1930. The Kier molecular flexibility index (Phi) is 9.65. The van der Waals surface area contributed by atoms with Crippen molar-refractivity contribution < 1.29 is 4.79 Å². The smallest absolute Gasteiger partial charge is 0.134 e. The molecule has 49 heavy (non-hydrogen) atoms. The third-order valence-electron chi connectivity index (χ3n) is 12.4. The molecular weight excluding hydrogens is 611 g/mol. The van der Waals surface area contributed by atoms with Crippen molar-refractivity contribution in [3.63, 3.8) is 0 Å². The molecule has 0 amide bonds. The second kappa shape index (κ2) is 13.5. The summed E-state index contributed by atoms with van der Waals surface area (Å²) < 4.78 is 0. The first-order valence-corrected chi connectivity index (χ1v) is 19.4. The Morgan fingerprint density at radius 1 is 0.429 bits per heavy atom. The second-order valence-corrected chi connectivity index (χ2v) is 17.3. The summed E-state index contributed by atoms with van der Waals surface area (Å²) in [6.45, 7) is 27.5. The van der Waals surface area contributed by atoms with Crippen LogP contribution in [0, 0.1) is 83.1 Å². The van der Waals surface area contributed by atoms with Gasteiger partial charge in [0.05, 0.1) is 0 Å². The fraction of sp³-hybridized carbons (Fsp3) is 0.340. The largest absolute Gasteiger partial charge is 0.300 e. The lowest BCUT2D eigenvalue weighted by molar-refractivity contribution is -0.119. The van der Waals surface area contributed by atoms with Crippen molar-refractivity contribution in [2.75, 3.05) is 0 Å². The van der Waals surface area contributed by atoms with Crippen molar-refractivity contribution in [2.24, 2.45) is 0 Å². The number of ketones is 1. The number of Topliss-reactive ketones (excluding diaryl/α,β-unsaturated/α-hetero) is 1. The topological polar surface area (TPSA) is 17.1 Å². The standard InChI is InChI=1S/C47H53OP/c1-26-18-13-15-20-39(26)43-24-38(48)25-44(40-21-16-14-19-27(40)2)49(43)47-41(45-34(9)30(5)28(3)31(6)35(45)10)22-17-23-42(47)46-36(11)32(7)29(4)33(8)37(46)12/h13-23,43-44H,24-25H2,1-12H3. The molecule has 1 aliphatic rings. The first kappa shape index (κ1) is 35.0. The zero-order chi connectivity index (χ0) is 35.5. The molecule has 1 nitrogen and oxygen atoms in total. The molecule has 2 atom stereocenters. The van der Waals surface area contributed by atoms with Crippen molar-refractivity contribution >= 4 is 19.0 Å². The van der Waals surface area contributed by atoms with Crippen LogP contribution in [0.25, 0.3) is 22.3 Å². The Labute approximate surface area is 297 Å². The quantitative estimate of drug-likeness (QED) is 0.171. The number of carbonyl (C=O) groups is 1. The van der Waals surface area contributed by atoms with E-state index in [1.165, 1.54) is 105 Å². The Hall–Kier alpha value is -3.80. The normalized spacial score (nSPS) is 17.9. The van der Waals surface area contributed by atoms with Gasteiger partial charge in [-0.1, -0.05) is 74.7 Å². The summed E-state index contributed by atoms with van der Waals surface area (Å²) in [5.41, 5.74) is 24.6. The van der Waals surface area contributed by atoms with Crippen LogP contribution in [0.4, 0.5) is 0 Å². The van der Waals surface area contributed by atoms with Gasteiger partial charge in [0.1, 0.15) is 5.78 Å². The lowest BCUT2D eigenvalue weighted by Crippen LogP contribution is -2.27. The molecule has 1 heterocycles. The van der Waals surface area contributed by atoms with Crippen molar-refractivity contribution in [3.8, 4) is 22.3 Å². The molecule has 1 aliphatic heterocycles. The number of aryl methyl sites for hydroxylation is 2. The number of hydrogen-bond donors (Lipinski definition) is 0. The lowest BCUT2D eigenvalue weighted by atomic mass is 9.83. The summed E-state index contributed by atoms with van der Waals surface area (Å²) in [5, 5.41) is 1.47. The molecule has 5 aromatic rings. The van der Waals surface area contributed by atoms with E-state index in [9.17, 15) is 4.79 Å². The van der Waals surface area contributed by atoms with E-state index in [0.717, 1.165) is 0 Å². The summed E-state index contributed by atoms with van der Waals surface area (Å²) >= 11 is 0.